The zero-order valence-corrected chi connectivity index (χ0v) is 23.8. The van der Waals surface area contributed by atoms with Crippen LogP contribution in [0.3, 0.4) is 0 Å². The summed E-state index contributed by atoms with van der Waals surface area (Å²) in [4.78, 5) is 15.8. The predicted molar refractivity (Wildman–Crippen MR) is 158 cm³/mol. The van der Waals surface area contributed by atoms with Gasteiger partial charge in [-0.3, -0.25) is 10.2 Å². The van der Waals surface area contributed by atoms with E-state index < -0.39 is 15.8 Å². The molecule has 1 aliphatic heterocycles. The number of hydrogen-bond acceptors (Lipinski definition) is 4. The van der Waals surface area contributed by atoms with Gasteiger partial charge in [0, 0.05) is 23.7 Å². The molecule has 0 bridgehead atoms. The minimum absolute atomic E-state index is 0.0654. The molecule has 8 heteroatoms. The Morgan fingerprint density at radius 3 is 2.38 bits per heavy atom. The highest BCUT2D eigenvalue weighted by Gasteiger charge is 2.32. The number of amidine groups is 1. The minimum atomic E-state index is -3.79. The van der Waals surface area contributed by atoms with E-state index in [1.807, 2.05) is 29.2 Å². The standard InChI is InChI=1S/C31H36ClN3O3S/c1-2-5-22-14-16-35(17-15-22)31(36)27(19-23-6-3-8-26(18-23)30(33)34)21-39(37,38)29-9-4-7-25(20-29)24-10-12-28(32)13-11-24/h3-4,6-13,18,20,22,27H,2,5,14-17,19,21H2,1H3,(H3,33,34). The van der Waals surface area contributed by atoms with Crippen LogP contribution in [0.15, 0.2) is 77.7 Å². The van der Waals surface area contributed by atoms with Crippen molar-refractivity contribution in [3.63, 3.8) is 0 Å². The van der Waals surface area contributed by atoms with Crippen molar-refractivity contribution in [1.82, 2.24) is 4.90 Å². The van der Waals surface area contributed by atoms with E-state index in [4.69, 9.17) is 22.7 Å². The molecule has 6 nitrogen and oxygen atoms in total. The van der Waals surface area contributed by atoms with Gasteiger partial charge in [0.2, 0.25) is 5.91 Å². The van der Waals surface area contributed by atoms with Gasteiger partial charge in [0.25, 0.3) is 0 Å². The van der Waals surface area contributed by atoms with E-state index in [-0.39, 0.29) is 28.8 Å². The Morgan fingerprint density at radius 1 is 1.03 bits per heavy atom. The normalized spacial score (nSPS) is 15.2. The van der Waals surface area contributed by atoms with Gasteiger partial charge in [-0.25, -0.2) is 8.42 Å². The molecular formula is C31H36ClN3O3S. The van der Waals surface area contributed by atoms with Gasteiger partial charge >= 0.3 is 0 Å². The van der Waals surface area contributed by atoms with Crippen molar-refractivity contribution in [2.45, 2.75) is 43.9 Å². The first kappa shape index (κ1) is 28.8. The van der Waals surface area contributed by atoms with Gasteiger partial charge in [0.15, 0.2) is 9.84 Å². The van der Waals surface area contributed by atoms with Crippen molar-refractivity contribution in [3.05, 3.63) is 88.9 Å². The average Bonchev–Trinajstić information content (AvgIpc) is 2.93. The maximum atomic E-state index is 13.8. The molecule has 1 heterocycles. The summed E-state index contributed by atoms with van der Waals surface area (Å²) in [7, 11) is -3.79. The lowest BCUT2D eigenvalue weighted by molar-refractivity contribution is -0.136. The molecule has 0 radical (unpaired) electrons. The van der Waals surface area contributed by atoms with Crippen LogP contribution in [-0.4, -0.2) is 43.9 Å². The first-order valence-electron chi connectivity index (χ1n) is 13.5. The van der Waals surface area contributed by atoms with Crippen LogP contribution in [0.1, 0.15) is 43.7 Å². The summed E-state index contributed by atoms with van der Waals surface area (Å²) >= 11 is 6.02. The Balaban J connectivity index is 1.60. The topological polar surface area (TPSA) is 104 Å². The number of halogens is 1. The highest BCUT2D eigenvalue weighted by atomic mass is 35.5. The van der Waals surface area contributed by atoms with Crippen LogP contribution in [0, 0.1) is 17.2 Å². The van der Waals surface area contributed by atoms with Crippen molar-refractivity contribution < 1.29 is 13.2 Å². The minimum Gasteiger partial charge on any atom is -0.384 e. The van der Waals surface area contributed by atoms with Gasteiger partial charge in [-0.05, 0) is 72.2 Å². The third-order valence-electron chi connectivity index (χ3n) is 7.48. The van der Waals surface area contributed by atoms with E-state index >= 15 is 0 Å². The lowest BCUT2D eigenvalue weighted by Crippen LogP contribution is -2.44. The number of carbonyl (C=O) groups excluding carboxylic acids is 1. The molecule has 1 unspecified atom stereocenters. The summed E-state index contributed by atoms with van der Waals surface area (Å²) in [5.41, 5.74) is 8.65. The summed E-state index contributed by atoms with van der Waals surface area (Å²) in [5, 5.41) is 8.38. The number of piperidine rings is 1. The number of rotatable bonds is 10. The number of benzene rings is 3. The third kappa shape index (κ3) is 7.49. The number of hydrogen-bond donors (Lipinski definition) is 2. The highest BCUT2D eigenvalue weighted by Crippen LogP contribution is 2.28. The van der Waals surface area contributed by atoms with E-state index in [2.05, 4.69) is 6.92 Å². The summed E-state index contributed by atoms with van der Waals surface area (Å²) in [5.74, 6) is -0.627. The first-order chi connectivity index (χ1) is 18.7. The van der Waals surface area contributed by atoms with Crippen LogP contribution in [0.5, 0.6) is 0 Å². The summed E-state index contributed by atoms with van der Waals surface area (Å²) in [6.07, 6.45) is 4.43. The smallest absolute Gasteiger partial charge is 0.227 e. The second-order valence-corrected chi connectivity index (χ2v) is 12.9. The van der Waals surface area contributed by atoms with Crippen LogP contribution in [-0.2, 0) is 21.1 Å². The predicted octanol–water partition coefficient (Wildman–Crippen LogP) is 5.96. The molecule has 3 aromatic carbocycles. The molecule has 206 valence electrons. The number of amides is 1. The molecule has 0 spiro atoms. The van der Waals surface area contributed by atoms with Crippen molar-refractivity contribution in [3.8, 4) is 11.1 Å². The van der Waals surface area contributed by atoms with Gasteiger partial charge < -0.3 is 10.6 Å². The Hall–Kier alpha value is -3.16. The summed E-state index contributed by atoms with van der Waals surface area (Å²) in [6.45, 7) is 3.48. The fourth-order valence-corrected chi connectivity index (χ4v) is 7.05. The van der Waals surface area contributed by atoms with E-state index in [9.17, 15) is 13.2 Å². The van der Waals surface area contributed by atoms with E-state index in [0.29, 0.717) is 29.6 Å². The van der Waals surface area contributed by atoms with Gasteiger partial charge in [-0.15, -0.1) is 0 Å². The number of carbonyl (C=O) groups is 1. The quantitative estimate of drug-likeness (QED) is 0.234. The van der Waals surface area contributed by atoms with Crippen molar-refractivity contribution >= 4 is 33.2 Å². The van der Waals surface area contributed by atoms with Crippen molar-refractivity contribution in [2.75, 3.05) is 18.8 Å². The Kier molecular flexibility index (Phi) is 9.46. The zero-order valence-electron chi connectivity index (χ0n) is 22.3. The van der Waals surface area contributed by atoms with Gasteiger partial charge in [-0.2, -0.15) is 0 Å². The second-order valence-electron chi connectivity index (χ2n) is 10.4. The molecule has 0 aromatic heterocycles. The van der Waals surface area contributed by atoms with Gasteiger partial charge in [-0.1, -0.05) is 73.8 Å². The molecule has 1 amide bonds. The summed E-state index contributed by atoms with van der Waals surface area (Å²) < 4.78 is 27.4. The lowest BCUT2D eigenvalue weighted by Gasteiger charge is -2.34. The molecule has 1 fully saturated rings. The summed E-state index contributed by atoms with van der Waals surface area (Å²) in [6, 6.07) is 21.2. The largest absolute Gasteiger partial charge is 0.384 e. The maximum absolute atomic E-state index is 13.8. The van der Waals surface area contributed by atoms with E-state index in [0.717, 1.165) is 42.4 Å². The fraction of sp³-hybridized carbons (Fsp3) is 0.355. The number of sulfone groups is 1. The molecule has 3 aromatic rings. The van der Waals surface area contributed by atoms with Crippen LogP contribution < -0.4 is 5.73 Å². The highest BCUT2D eigenvalue weighted by molar-refractivity contribution is 7.91. The molecule has 1 aliphatic rings. The maximum Gasteiger partial charge on any atom is 0.227 e. The van der Waals surface area contributed by atoms with Crippen LogP contribution in [0.4, 0.5) is 0 Å². The zero-order chi connectivity index (χ0) is 28.0. The number of likely N-dealkylation sites (tertiary alicyclic amines) is 1. The molecule has 1 atom stereocenters. The molecule has 4 rings (SSSR count). The Bertz CT molecular complexity index is 1420. The molecule has 0 saturated carbocycles. The van der Waals surface area contributed by atoms with Crippen molar-refractivity contribution in [2.24, 2.45) is 17.6 Å². The van der Waals surface area contributed by atoms with Gasteiger partial charge in [0.1, 0.15) is 5.84 Å². The van der Waals surface area contributed by atoms with Gasteiger partial charge in [0.05, 0.1) is 16.6 Å². The second kappa shape index (κ2) is 12.8. The van der Waals surface area contributed by atoms with E-state index in [1.54, 1.807) is 48.5 Å². The Morgan fingerprint density at radius 2 is 1.72 bits per heavy atom. The van der Waals surface area contributed by atoms with Crippen LogP contribution >= 0.6 is 11.6 Å². The molecule has 1 saturated heterocycles. The number of nitrogens with two attached hydrogens (primary N) is 1. The first-order valence-corrected chi connectivity index (χ1v) is 15.5. The molecular weight excluding hydrogens is 530 g/mol. The van der Waals surface area contributed by atoms with Crippen LogP contribution in [0.25, 0.3) is 11.1 Å². The number of nitrogens with zero attached hydrogens (tertiary/aromatic N) is 1. The fourth-order valence-electron chi connectivity index (χ4n) is 5.35. The SMILES string of the molecule is CCCC1CCN(C(=O)C(Cc2cccc(C(=N)N)c2)CS(=O)(=O)c2cccc(-c3ccc(Cl)cc3)c2)CC1. The third-order valence-corrected chi connectivity index (χ3v) is 9.55. The van der Waals surface area contributed by atoms with Crippen molar-refractivity contribution in [1.29, 1.82) is 5.41 Å². The number of nitrogens with one attached hydrogen (secondary N) is 1. The molecule has 0 aliphatic carbocycles. The Labute approximate surface area is 236 Å². The molecule has 3 N–H and O–H groups in total. The van der Waals surface area contributed by atoms with E-state index in [1.165, 1.54) is 0 Å². The monoisotopic (exact) mass is 565 g/mol. The number of nitrogen functional groups attached to an aromatic ring is 1. The van der Waals surface area contributed by atoms with Crippen LogP contribution in [0.2, 0.25) is 5.02 Å². The molecule has 39 heavy (non-hydrogen) atoms. The lowest BCUT2D eigenvalue weighted by atomic mass is 9.91. The average molecular weight is 566 g/mol.